The van der Waals surface area contributed by atoms with Crippen LogP contribution in [0.5, 0.6) is 5.75 Å². The maximum atomic E-state index is 11.2. The third-order valence-electron chi connectivity index (χ3n) is 6.30. The number of aliphatic hydroxyl groups is 1. The number of aryl methyl sites for hydroxylation is 3. The first-order chi connectivity index (χ1) is 15.9. The van der Waals surface area contributed by atoms with Gasteiger partial charge in [-0.15, -0.1) is 0 Å². The number of ether oxygens (including phenoxy) is 1. The maximum Gasteiger partial charge on any atom is 0.303 e. The summed E-state index contributed by atoms with van der Waals surface area (Å²) in [7, 11) is 0. The Labute approximate surface area is 195 Å². The van der Waals surface area contributed by atoms with Gasteiger partial charge in [0.15, 0.2) is 0 Å². The second kappa shape index (κ2) is 10.2. The van der Waals surface area contributed by atoms with Gasteiger partial charge in [0.25, 0.3) is 0 Å². The minimum Gasteiger partial charge on any atom is -0.491 e. The van der Waals surface area contributed by atoms with Gasteiger partial charge in [-0.1, -0.05) is 54.1 Å². The summed E-state index contributed by atoms with van der Waals surface area (Å²) < 4.78 is 5.84. The maximum absolute atomic E-state index is 11.2. The molecule has 0 amide bonds. The number of nitrogens with one attached hydrogen (secondary N) is 1. The molecule has 0 bridgehead atoms. The lowest BCUT2D eigenvalue weighted by Gasteiger charge is -2.31. The zero-order valence-corrected chi connectivity index (χ0v) is 19.2. The molecule has 0 radical (unpaired) electrons. The number of rotatable bonds is 9. The third kappa shape index (κ3) is 5.62. The van der Waals surface area contributed by atoms with Crippen LogP contribution in [0.2, 0.25) is 0 Å². The molecule has 0 spiro atoms. The van der Waals surface area contributed by atoms with E-state index < -0.39 is 12.1 Å². The quantitative estimate of drug-likeness (QED) is 0.443. The molecule has 5 heteroatoms. The zero-order valence-electron chi connectivity index (χ0n) is 19.2. The molecule has 3 aromatic carbocycles. The van der Waals surface area contributed by atoms with E-state index in [0.29, 0.717) is 12.2 Å². The van der Waals surface area contributed by atoms with Gasteiger partial charge in [0.1, 0.15) is 18.5 Å². The molecule has 3 aromatic rings. The van der Waals surface area contributed by atoms with Crippen molar-refractivity contribution in [2.45, 2.75) is 45.3 Å². The number of aliphatic hydroxyl groups excluding tert-OH is 1. The molecule has 3 N–H and O–H groups in total. The van der Waals surface area contributed by atoms with Crippen LogP contribution in [0.25, 0.3) is 22.3 Å². The Morgan fingerprint density at radius 3 is 2.48 bits per heavy atom. The van der Waals surface area contributed by atoms with Gasteiger partial charge in [0, 0.05) is 12.5 Å². The molecule has 172 valence electrons. The highest BCUT2D eigenvalue weighted by Crippen LogP contribution is 2.33. The molecule has 4 rings (SSSR count). The van der Waals surface area contributed by atoms with Gasteiger partial charge in [-0.25, -0.2) is 0 Å². The van der Waals surface area contributed by atoms with Crippen LogP contribution in [-0.2, 0) is 11.2 Å². The average molecular weight is 446 g/mol. The second-order valence-electron chi connectivity index (χ2n) is 8.84. The molecule has 5 nitrogen and oxygen atoms in total. The standard InChI is InChI=1S/C28H31NO4/c1-18-4-3-5-20(14-18)24-9-6-21(15-19(24)2)25-10-8-23(16-22(25)7-11-28(31)32)33-17-27(30)26-12-13-29-26/h3-6,8-10,14-16,26-27,29-30H,7,11-13,17H2,1-2H3,(H,31,32). The van der Waals surface area contributed by atoms with Crippen molar-refractivity contribution in [3.05, 3.63) is 77.4 Å². The highest BCUT2D eigenvalue weighted by Gasteiger charge is 2.25. The second-order valence-corrected chi connectivity index (χ2v) is 8.84. The normalized spacial score (nSPS) is 16.2. The van der Waals surface area contributed by atoms with Gasteiger partial charge in [-0.05, 0) is 78.7 Å². The molecule has 0 saturated carbocycles. The largest absolute Gasteiger partial charge is 0.491 e. The Morgan fingerprint density at radius 1 is 1.06 bits per heavy atom. The summed E-state index contributed by atoms with van der Waals surface area (Å²) in [5, 5.41) is 22.6. The van der Waals surface area contributed by atoms with E-state index in [4.69, 9.17) is 4.74 Å². The summed E-state index contributed by atoms with van der Waals surface area (Å²) >= 11 is 0. The predicted molar refractivity (Wildman–Crippen MR) is 131 cm³/mol. The van der Waals surface area contributed by atoms with Gasteiger partial charge < -0.3 is 20.3 Å². The Bertz CT molecular complexity index is 1140. The van der Waals surface area contributed by atoms with E-state index in [1.165, 1.54) is 22.3 Å². The predicted octanol–water partition coefficient (Wildman–Crippen LogP) is 4.76. The Kier molecular flexibility index (Phi) is 7.11. The molecule has 33 heavy (non-hydrogen) atoms. The lowest BCUT2D eigenvalue weighted by atomic mass is 9.92. The molecular formula is C28H31NO4. The first kappa shape index (κ1) is 23.0. The van der Waals surface area contributed by atoms with Crippen LogP contribution in [0.3, 0.4) is 0 Å². The topological polar surface area (TPSA) is 78.8 Å². The number of hydrogen-bond donors (Lipinski definition) is 3. The minimum atomic E-state index is -0.829. The molecule has 0 aliphatic carbocycles. The fraction of sp³-hybridized carbons (Fsp3) is 0.321. The zero-order chi connectivity index (χ0) is 23.4. The first-order valence-corrected chi connectivity index (χ1v) is 11.5. The summed E-state index contributed by atoms with van der Waals surface area (Å²) in [5.41, 5.74) is 7.74. The van der Waals surface area contributed by atoms with E-state index >= 15 is 0 Å². The Balaban J connectivity index is 1.59. The summed E-state index contributed by atoms with van der Waals surface area (Å²) in [6.07, 6.45) is 0.849. The summed E-state index contributed by atoms with van der Waals surface area (Å²) in [6.45, 7) is 5.33. The van der Waals surface area contributed by atoms with Gasteiger partial charge >= 0.3 is 5.97 Å². The number of carboxylic acids is 1. The number of benzene rings is 3. The molecule has 1 saturated heterocycles. The van der Waals surface area contributed by atoms with Gasteiger partial charge in [-0.2, -0.15) is 0 Å². The van der Waals surface area contributed by atoms with Crippen LogP contribution in [0.15, 0.2) is 60.7 Å². The van der Waals surface area contributed by atoms with E-state index in [1.54, 1.807) is 0 Å². The van der Waals surface area contributed by atoms with Crippen LogP contribution >= 0.6 is 0 Å². The fourth-order valence-corrected chi connectivity index (χ4v) is 4.29. The lowest BCUT2D eigenvalue weighted by molar-refractivity contribution is -0.136. The summed E-state index contributed by atoms with van der Waals surface area (Å²) in [4.78, 5) is 11.2. The molecule has 2 unspecified atom stereocenters. The van der Waals surface area contributed by atoms with Crippen molar-refractivity contribution in [3.63, 3.8) is 0 Å². The number of hydrogen-bond acceptors (Lipinski definition) is 4. The first-order valence-electron chi connectivity index (χ1n) is 11.5. The SMILES string of the molecule is Cc1cccc(-c2ccc(-c3ccc(OCC(O)C4CCN4)cc3CCC(=O)O)cc2C)c1. The molecule has 1 aliphatic heterocycles. The molecule has 1 heterocycles. The smallest absolute Gasteiger partial charge is 0.303 e. The van der Waals surface area contributed by atoms with Crippen LogP contribution < -0.4 is 10.1 Å². The van der Waals surface area contributed by atoms with Crippen LogP contribution in [0.4, 0.5) is 0 Å². The van der Waals surface area contributed by atoms with Crippen molar-refractivity contribution in [2.75, 3.05) is 13.2 Å². The van der Waals surface area contributed by atoms with Crippen LogP contribution in [-0.4, -0.2) is 41.5 Å². The van der Waals surface area contributed by atoms with Gasteiger partial charge in [0.05, 0.1) is 0 Å². The summed E-state index contributed by atoms with van der Waals surface area (Å²) in [6, 6.07) is 20.7. The van der Waals surface area contributed by atoms with E-state index in [2.05, 4.69) is 61.6 Å². The highest BCUT2D eigenvalue weighted by molar-refractivity contribution is 5.76. The van der Waals surface area contributed by atoms with Crippen LogP contribution in [0, 0.1) is 13.8 Å². The summed E-state index contributed by atoms with van der Waals surface area (Å²) in [5.74, 6) is -0.185. The van der Waals surface area contributed by atoms with Crippen molar-refractivity contribution < 1.29 is 19.7 Å². The minimum absolute atomic E-state index is 0.0471. The number of carbonyl (C=O) groups is 1. The van der Waals surface area contributed by atoms with Crippen molar-refractivity contribution in [3.8, 4) is 28.0 Å². The van der Waals surface area contributed by atoms with E-state index in [9.17, 15) is 15.0 Å². The van der Waals surface area contributed by atoms with Crippen molar-refractivity contribution in [2.24, 2.45) is 0 Å². The van der Waals surface area contributed by atoms with E-state index in [1.807, 2.05) is 18.2 Å². The average Bonchev–Trinajstić information content (AvgIpc) is 2.75. The molecule has 1 fully saturated rings. The third-order valence-corrected chi connectivity index (χ3v) is 6.30. The molecule has 0 aromatic heterocycles. The number of aliphatic carboxylic acids is 1. The van der Waals surface area contributed by atoms with Crippen LogP contribution in [0.1, 0.15) is 29.5 Å². The van der Waals surface area contributed by atoms with Crippen molar-refractivity contribution >= 4 is 5.97 Å². The molecule has 1 aliphatic rings. The molecule has 2 atom stereocenters. The van der Waals surface area contributed by atoms with Gasteiger partial charge in [0.2, 0.25) is 0 Å². The lowest BCUT2D eigenvalue weighted by Crippen LogP contribution is -2.52. The monoisotopic (exact) mass is 445 g/mol. The Morgan fingerprint density at radius 2 is 1.82 bits per heavy atom. The fourth-order valence-electron chi connectivity index (χ4n) is 4.29. The van der Waals surface area contributed by atoms with E-state index in [0.717, 1.165) is 29.7 Å². The molecular weight excluding hydrogens is 414 g/mol. The number of carboxylic acid groups (broad SMARTS) is 1. The van der Waals surface area contributed by atoms with E-state index in [-0.39, 0.29) is 19.1 Å². The Hall–Kier alpha value is -3.15. The van der Waals surface area contributed by atoms with Gasteiger partial charge in [-0.3, -0.25) is 4.79 Å². The highest BCUT2D eigenvalue weighted by atomic mass is 16.5. The van der Waals surface area contributed by atoms with Crippen molar-refractivity contribution in [1.82, 2.24) is 5.32 Å². The van der Waals surface area contributed by atoms with Crippen molar-refractivity contribution in [1.29, 1.82) is 0 Å².